The Kier molecular flexibility index (Phi) is 7.23. The second-order valence-electron chi connectivity index (χ2n) is 7.59. The van der Waals surface area contributed by atoms with E-state index in [4.69, 9.17) is 0 Å². The fourth-order valence-electron chi connectivity index (χ4n) is 3.35. The molecule has 1 aromatic heterocycles. The van der Waals surface area contributed by atoms with Crippen LogP contribution in [-0.4, -0.2) is 35.5 Å². The van der Waals surface area contributed by atoms with E-state index < -0.39 is 0 Å². The maximum absolute atomic E-state index is 12.0. The second kappa shape index (κ2) is 10.1. The van der Waals surface area contributed by atoms with Gasteiger partial charge in [0.2, 0.25) is 0 Å². The van der Waals surface area contributed by atoms with Crippen LogP contribution in [0.2, 0.25) is 0 Å². The highest BCUT2D eigenvalue weighted by molar-refractivity contribution is 5.92. The fourth-order valence-corrected chi connectivity index (χ4v) is 3.35. The van der Waals surface area contributed by atoms with Crippen LogP contribution in [0.25, 0.3) is 0 Å². The predicted octanol–water partition coefficient (Wildman–Crippen LogP) is 4.38. The molecule has 0 spiro atoms. The number of nitrogens with one attached hydrogen (secondary N) is 2. The summed E-state index contributed by atoms with van der Waals surface area (Å²) in [7, 11) is 0. The number of amides is 1. The van der Waals surface area contributed by atoms with E-state index in [0.717, 1.165) is 44.0 Å². The average Bonchev–Trinajstić information content (AvgIpc) is 2.73. The molecule has 1 aliphatic heterocycles. The monoisotopic (exact) mass is 381 g/mol. The van der Waals surface area contributed by atoms with Crippen molar-refractivity contribution in [1.82, 2.24) is 15.3 Å². The van der Waals surface area contributed by atoms with Crippen LogP contribution in [-0.2, 0) is 0 Å². The second-order valence-corrected chi connectivity index (χ2v) is 7.59. The first kappa shape index (κ1) is 20.1. The molecule has 2 aromatic rings. The minimum absolute atomic E-state index is 0.171. The summed E-state index contributed by atoms with van der Waals surface area (Å²) in [5.74, 6) is 1.29. The third-order valence-corrected chi connectivity index (χ3v) is 5.24. The largest absolute Gasteiger partial charge is 0.372 e. The van der Waals surface area contributed by atoms with Gasteiger partial charge in [0.15, 0.2) is 0 Å². The Labute approximate surface area is 167 Å². The smallest absolute Gasteiger partial charge is 0.271 e. The number of nitrogens with zero attached hydrogens (tertiary/aromatic N) is 3. The molecule has 1 amide bonds. The lowest BCUT2D eigenvalue weighted by molar-refractivity contribution is 0.0947. The number of carbonyl (C=O) groups is 1. The van der Waals surface area contributed by atoms with E-state index in [9.17, 15) is 4.79 Å². The molecule has 2 N–H and O–H groups in total. The maximum atomic E-state index is 12.0. The molecule has 0 atom stereocenters. The maximum Gasteiger partial charge on any atom is 0.271 e. The third-order valence-electron chi connectivity index (χ3n) is 5.24. The summed E-state index contributed by atoms with van der Waals surface area (Å²) in [6.07, 6.45) is 8.87. The van der Waals surface area contributed by atoms with Crippen molar-refractivity contribution in [3.05, 3.63) is 42.4 Å². The zero-order chi connectivity index (χ0) is 19.8. The van der Waals surface area contributed by atoms with Gasteiger partial charge in [-0.1, -0.05) is 26.7 Å². The van der Waals surface area contributed by atoms with Gasteiger partial charge in [-0.15, -0.1) is 0 Å². The minimum atomic E-state index is -0.171. The van der Waals surface area contributed by atoms with E-state index in [-0.39, 0.29) is 5.91 Å². The summed E-state index contributed by atoms with van der Waals surface area (Å²) >= 11 is 0. The number of anilines is 3. The van der Waals surface area contributed by atoms with Gasteiger partial charge >= 0.3 is 0 Å². The molecule has 0 aliphatic carbocycles. The normalized spacial score (nSPS) is 14.7. The van der Waals surface area contributed by atoms with Gasteiger partial charge in [0.1, 0.15) is 11.5 Å². The van der Waals surface area contributed by atoms with Crippen molar-refractivity contribution in [1.29, 1.82) is 0 Å². The van der Waals surface area contributed by atoms with Gasteiger partial charge in [-0.2, -0.15) is 0 Å². The highest BCUT2D eigenvalue weighted by Crippen LogP contribution is 2.25. The highest BCUT2D eigenvalue weighted by Gasteiger charge is 2.15. The molecular weight excluding hydrogens is 350 g/mol. The van der Waals surface area contributed by atoms with Crippen molar-refractivity contribution in [2.24, 2.45) is 5.92 Å². The molecule has 1 aromatic carbocycles. The predicted molar refractivity (Wildman–Crippen MR) is 114 cm³/mol. The van der Waals surface area contributed by atoms with Crippen molar-refractivity contribution in [3.8, 4) is 0 Å². The van der Waals surface area contributed by atoms with Gasteiger partial charge in [-0.3, -0.25) is 4.79 Å². The zero-order valence-corrected chi connectivity index (χ0v) is 16.9. The molecule has 6 nitrogen and oxygen atoms in total. The Morgan fingerprint density at radius 1 is 1.11 bits per heavy atom. The number of benzene rings is 1. The first-order valence-corrected chi connectivity index (χ1v) is 10.4. The van der Waals surface area contributed by atoms with Gasteiger partial charge in [0.05, 0.1) is 12.4 Å². The SMILES string of the molecule is CCCCCNC(=O)c1cnc(Nc2ccc(N3CCC(C)CC3)cc2)cn1. The van der Waals surface area contributed by atoms with E-state index in [2.05, 4.69) is 63.6 Å². The Bertz CT molecular complexity index is 737. The lowest BCUT2D eigenvalue weighted by atomic mass is 9.99. The Hall–Kier alpha value is -2.63. The van der Waals surface area contributed by atoms with Crippen molar-refractivity contribution >= 4 is 23.1 Å². The molecule has 1 saturated heterocycles. The van der Waals surface area contributed by atoms with Crippen LogP contribution in [0.5, 0.6) is 0 Å². The van der Waals surface area contributed by atoms with Crippen molar-refractivity contribution < 1.29 is 4.79 Å². The van der Waals surface area contributed by atoms with Gasteiger partial charge in [-0.05, 0) is 49.4 Å². The third kappa shape index (κ3) is 5.68. The highest BCUT2D eigenvalue weighted by atomic mass is 16.1. The minimum Gasteiger partial charge on any atom is -0.372 e. The molecule has 2 heterocycles. The van der Waals surface area contributed by atoms with Crippen molar-refractivity contribution in [3.63, 3.8) is 0 Å². The lowest BCUT2D eigenvalue weighted by Gasteiger charge is -2.32. The summed E-state index contributed by atoms with van der Waals surface area (Å²) in [4.78, 5) is 23.0. The molecule has 1 aliphatic rings. The summed E-state index contributed by atoms with van der Waals surface area (Å²) in [6, 6.07) is 8.40. The summed E-state index contributed by atoms with van der Waals surface area (Å²) in [6.45, 7) is 7.40. The summed E-state index contributed by atoms with van der Waals surface area (Å²) in [5, 5.41) is 6.12. The van der Waals surface area contributed by atoms with Crippen LogP contribution in [0.3, 0.4) is 0 Å². The number of aromatic nitrogens is 2. The van der Waals surface area contributed by atoms with E-state index in [1.807, 2.05) is 0 Å². The van der Waals surface area contributed by atoms with E-state index in [1.165, 1.54) is 24.7 Å². The number of unbranched alkanes of at least 4 members (excludes halogenated alkanes) is 2. The average molecular weight is 382 g/mol. The van der Waals surface area contributed by atoms with E-state index >= 15 is 0 Å². The molecule has 1 fully saturated rings. The molecule has 0 unspecified atom stereocenters. The van der Waals surface area contributed by atoms with Gasteiger partial charge < -0.3 is 15.5 Å². The number of piperidine rings is 1. The van der Waals surface area contributed by atoms with Gasteiger partial charge in [0.25, 0.3) is 5.91 Å². The number of hydrogen-bond donors (Lipinski definition) is 2. The van der Waals surface area contributed by atoms with E-state index in [1.54, 1.807) is 6.20 Å². The quantitative estimate of drug-likeness (QED) is 0.664. The van der Waals surface area contributed by atoms with E-state index in [0.29, 0.717) is 18.1 Å². The molecule has 6 heteroatoms. The van der Waals surface area contributed by atoms with Crippen molar-refractivity contribution in [2.75, 3.05) is 29.9 Å². The van der Waals surface area contributed by atoms with Gasteiger partial charge in [-0.25, -0.2) is 9.97 Å². The Balaban J connectivity index is 1.51. The molecule has 0 saturated carbocycles. The van der Waals surface area contributed by atoms with Crippen LogP contribution < -0.4 is 15.5 Å². The Morgan fingerprint density at radius 3 is 2.50 bits per heavy atom. The molecule has 0 bridgehead atoms. The molecule has 3 rings (SSSR count). The number of hydrogen-bond acceptors (Lipinski definition) is 5. The van der Waals surface area contributed by atoms with Crippen LogP contribution in [0.4, 0.5) is 17.2 Å². The zero-order valence-electron chi connectivity index (χ0n) is 16.9. The van der Waals surface area contributed by atoms with Crippen LogP contribution >= 0.6 is 0 Å². The van der Waals surface area contributed by atoms with Crippen LogP contribution in [0, 0.1) is 5.92 Å². The first-order valence-electron chi connectivity index (χ1n) is 10.4. The number of carbonyl (C=O) groups excluding carboxylic acids is 1. The standard InChI is InChI=1S/C22H31N5O/c1-3-4-5-12-23-22(28)20-15-25-21(16-24-20)26-18-6-8-19(9-7-18)27-13-10-17(2)11-14-27/h6-9,15-17H,3-5,10-14H2,1-2H3,(H,23,28)(H,25,26). The molecule has 150 valence electrons. The van der Waals surface area contributed by atoms with Crippen molar-refractivity contribution in [2.45, 2.75) is 46.0 Å². The molecule has 0 radical (unpaired) electrons. The topological polar surface area (TPSA) is 70.2 Å². The van der Waals surface area contributed by atoms with Gasteiger partial charge in [0, 0.05) is 31.0 Å². The molecular formula is C22H31N5O. The Morgan fingerprint density at radius 2 is 1.86 bits per heavy atom. The fraction of sp³-hybridized carbons (Fsp3) is 0.500. The summed E-state index contributed by atoms with van der Waals surface area (Å²) in [5.41, 5.74) is 2.57. The lowest BCUT2D eigenvalue weighted by Crippen LogP contribution is -2.32. The molecule has 28 heavy (non-hydrogen) atoms. The first-order chi connectivity index (χ1) is 13.7. The number of rotatable bonds is 8. The van der Waals surface area contributed by atoms with Crippen LogP contribution in [0.15, 0.2) is 36.7 Å². The van der Waals surface area contributed by atoms with Crippen LogP contribution in [0.1, 0.15) is 56.4 Å². The summed E-state index contributed by atoms with van der Waals surface area (Å²) < 4.78 is 0.